The van der Waals surface area contributed by atoms with Crippen LogP contribution in [0.2, 0.25) is 5.02 Å². The Labute approximate surface area is 125 Å². The van der Waals surface area contributed by atoms with Crippen molar-refractivity contribution >= 4 is 60.6 Å². The van der Waals surface area contributed by atoms with Crippen molar-refractivity contribution in [3.63, 3.8) is 0 Å². The van der Waals surface area contributed by atoms with E-state index in [2.05, 4.69) is 31.9 Å². The van der Waals surface area contributed by atoms with Gasteiger partial charge < -0.3 is 0 Å². The average Bonchev–Trinajstić information content (AvgIpc) is 2.63. The molecule has 5 heteroatoms. The Morgan fingerprint density at radius 2 is 2.06 bits per heavy atom. The zero-order valence-electron chi connectivity index (χ0n) is 8.54. The Hall–Kier alpha value is -0.160. The number of ketones is 1. The molecule has 1 nitrogen and oxygen atoms in total. The molecule has 0 fully saturated rings. The molecule has 0 amide bonds. The van der Waals surface area contributed by atoms with Crippen LogP contribution in [0.4, 0.5) is 0 Å². The van der Waals surface area contributed by atoms with Crippen LogP contribution in [0.1, 0.15) is 15.2 Å². The predicted molar refractivity (Wildman–Crippen MR) is 79.2 cm³/mol. The van der Waals surface area contributed by atoms with E-state index < -0.39 is 0 Å². The molecule has 2 aromatic rings. The monoisotopic (exact) mass is 392 g/mol. The molecular weight excluding hydrogens is 387 g/mol. The number of carbonyl (C=O) groups is 1. The van der Waals surface area contributed by atoms with E-state index in [4.69, 9.17) is 11.6 Å². The van der Waals surface area contributed by atoms with Crippen LogP contribution in [0, 0.1) is 0 Å². The van der Waals surface area contributed by atoms with E-state index in [9.17, 15) is 4.79 Å². The van der Waals surface area contributed by atoms with Gasteiger partial charge in [-0.05, 0) is 56.1 Å². The number of rotatable bonds is 3. The van der Waals surface area contributed by atoms with Gasteiger partial charge in [0.15, 0.2) is 5.78 Å². The summed E-state index contributed by atoms with van der Waals surface area (Å²) in [5.41, 5.74) is 0.666. The molecule has 17 heavy (non-hydrogen) atoms. The van der Waals surface area contributed by atoms with Gasteiger partial charge in [-0.3, -0.25) is 4.79 Å². The quantitative estimate of drug-likeness (QED) is 0.641. The summed E-state index contributed by atoms with van der Waals surface area (Å²) in [7, 11) is 0. The second-order valence-electron chi connectivity index (χ2n) is 3.46. The molecular formula is C12H7Br2ClOS. The van der Waals surface area contributed by atoms with Gasteiger partial charge in [0.25, 0.3) is 0 Å². The fraction of sp³-hybridized carbons (Fsp3) is 0.0833. The van der Waals surface area contributed by atoms with Crippen molar-refractivity contribution < 1.29 is 4.79 Å². The lowest BCUT2D eigenvalue weighted by Crippen LogP contribution is -2.03. The van der Waals surface area contributed by atoms with E-state index in [-0.39, 0.29) is 5.78 Å². The average molecular weight is 395 g/mol. The molecule has 0 atom stereocenters. The minimum atomic E-state index is 0.0860. The maximum atomic E-state index is 12.1. The molecule has 0 aliphatic rings. The van der Waals surface area contributed by atoms with Crippen LogP contribution in [0.5, 0.6) is 0 Å². The summed E-state index contributed by atoms with van der Waals surface area (Å²) in [4.78, 5) is 13.1. The summed E-state index contributed by atoms with van der Waals surface area (Å²) in [6.45, 7) is 0. The zero-order valence-corrected chi connectivity index (χ0v) is 13.3. The van der Waals surface area contributed by atoms with Crippen LogP contribution >= 0.6 is 54.8 Å². The molecule has 1 heterocycles. The van der Waals surface area contributed by atoms with Gasteiger partial charge in [-0.15, -0.1) is 11.3 Å². The third-order valence-electron chi connectivity index (χ3n) is 2.19. The largest absolute Gasteiger partial charge is 0.294 e. The van der Waals surface area contributed by atoms with E-state index in [1.54, 1.807) is 29.5 Å². The fourth-order valence-electron chi connectivity index (χ4n) is 1.42. The van der Waals surface area contributed by atoms with Crippen molar-refractivity contribution in [3.8, 4) is 0 Å². The SMILES string of the molecule is O=C(Cc1cc(Br)cs1)c1ccc(Cl)cc1Br. The molecule has 1 aromatic heterocycles. The first-order chi connectivity index (χ1) is 8.06. The lowest BCUT2D eigenvalue weighted by Gasteiger charge is -2.03. The highest BCUT2D eigenvalue weighted by Crippen LogP contribution is 2.25. The van der Waals surface area contributed by atoms with Crippen LogP contribution in [0.15, 0.2) is 38.6 Å². The molecule has 0 radical (unpaired) electrons. The predicted octanol–water partition coefficient (Wildman–Crippen LogP) is 5.35. The molecule has 0 aliphatic carbocycles. The molecule has 0 aliphatic heterocycles. The van der Waals surface area contributed by atoms with Gasteiger partial charge in [-0.25, -0.2) is 0 Å². The van der Waals surface area contributed by atoms with Gasteiger partial charge in [0.05, 0.1) is 0 Å². The molecule has 88 valence electrons. The van der Waals surface area contributed by atoms with E-state index in [1.807, 2.05) is 11.4 Å². The molecule has 1 aromatic carbocycles. The highest BCUT2D eigenvalue weighted by Gasteiger charge is 2.12. The molecule has 0 saturated heterocycles. The summed E-state index contributed by atoms with van der Waals surface area (Å²) in [6, 6.07) is 7.17. The van der Waals surface area contributed by atoms with Crippen LogP contribution < -0.4 is 0 Å². The van der Waals surface area contributed by atoms with Gasteiger partial charge in [0, 0.05) is 36.2 Å². The van der Waals surface area contributed by atoms with Gasteiger partial charge in [-0.1, -0.05) is 11.6 Å². The van der Waals surface area contributed by atoms with Gasteiger partial charge in [0.2, 0.25) is 0 Å². The lowest BCUT2D eigenvalue weighted by molar-refractivity contribution is 0.0993. The Morgan fingerprint density at radius 3 is 2.65 bits per heavy atom. The standard InChI is InChI=1S/C12H7Br2ClOS/c13-7-3-9(17-6-7)5-12(16)10-2-1-8(15)4-11(10)14/h1-4,6H,5H2. The summed E-state index contributed by atoms with van der Waals surface area (Å²) < 4.78 is 1.76. The number of hydrogen-bond acceptors (Lipinski definition) is 2. The number of hydrogen-bond donors (Lipinski definition) is 0. The smallest absolute Gasteiger partial charge is 0.169 e. The Bertz CT molecular complexity index is 565. The summed E-state index contributed by atoms with van der Waals surface area (Å²) in [6.07, 6.45) is 0.413. The summed E-state index contributed by atoms with van der Waals surface area (Å²) >= 11 is 14.1. The molecule has 2 rings (SSSR count). The van der Waals surface area contributed by atoms with Crippen molar-refractivity contribution in [1.82, 2.24) is 0 Å². The van der Waals surface area contributed by atoms with Crippen molar-refractivity contribution in [2.75, 3.05) is 0 Å². The van der Waals surface area contributed by atoms with Crippen molar-refractivity contribution in [3.05, 3.63) is 54.1 Å². The molecule has 0 bridgehead atoms. The van der Waals surface area contributed by atoms with E-state index in [0.717, 1.165) is 13.8 Å². The number of benzene rings is 1. The van der Waals surface area contributed by atoms with Crippen molar-refractivity contribution in [2.45, 2.75) is 6.42 Å². The Balaban J connectivity index is 2.20. The van der Waals surface area contributed by atoms with Crippen LogP contribution in [-0.2, 0) is 6.42 Å². The third kappa shape index (κ3) is 3.41. The van der Waals surface area contributed by atoms with Gasteiger partial charge in [0.1, 0.15) is 0 Å². The third-order valence-corrected chi connectivity index (χ3v) is 4.78. The number of halogens is 3. The zero-order chi connectivity index (χ0) is 12.4. The van der Waals surface area contributed by atoms with Gasteiger partial charge in [-0.2, -0.15) is 0 Å². The second-order valence-corrected chi connectivity index (χ2v) is 6.66. The van der Waals surface area contributed by atoms with E-state index in [0.29, 0.717) is 17.0 Å². The number of thiophene rings is 1. The summed E-state index contributed by atoms with van der Waals surface area (Å²) in [5, 5.41) is 2.59. The highest BCUT2D eigenvalue weighted by atomic mass is 79.9. The van der Waals surface area contributed by atoms with Gasteiger partial charge >= 0.3 is 0 Å². The lowest BCUT2D eigenvalue weighted by atomic mass is 10.1. The highest BCUT2D eigenvalue weighted by molar-refractivity contribution is 9.10. The first kappa shape index (κ1) is 13.3. The first-order valence-electron chi connectivity index (χ1n) is 4.77. The van der Waals surface area contributed by atoms with Crippen LogP contribution in [-0.4, -0.2) is 5.78 Å². The number of Topliss-reactive ketones (excluding diaryl/α,β-unsaturated/α-hetero) is 1. The van der Waals surface area contributed by atoms with Crippen LogP contribution in [0.3, 0.4) is 0 Å². The Morgan fingerprint density at radius 1 is 1.29 bits per heavy atom. The van der Waals surface area contributed by atoms with E-state index in [1.165, 1.54) is 0 Å². The molecule has 0 saturated carbocycles. The van der Waals surface area contributed by atoms with Crippen LogP contribution in [0.25, 0.3) is 0 Å². The summed E-state index contributed by atoms with van der Waals surface area (Å²) in [5.74, 6) is 0.0860. The fourth-order valence-corrected chi connectivity index (χ4v) is 3.77. The first-order valence-corrected chi connectivity index (χ1v) is 7.62. The van der Waals surface area contributed by atoms with E-state index >= 15 is 0 Å². The minimum absolute atomic E-state index is 0.0860. The molecule has 0 N–H and O–H groups in total. The topological polar surface area (TPSA) is 17.1 Å². The second kappa shape index (κ2) is 5.65. The molecule has 0 spiro atoms. The van der Waals surface area contributed by atoms with Crippen molar-refractivity contribution in [2.24, 2.45) is 0 Å². The number of carbonyl (C=O) groups excluding carboxylic acids is 1. The molecule has 0 unspecified atom stereocenters. The Kier molecular flexibility index (Phi) is 4.42. The minimum Gasteiger partial charge on any atom is -0.294 e. The normalized spacial score (nSPS) is 10.5. The van der Waals surface area contributed by atoms with Crippen molar-refractivity contribution in [1.29, 1.82) is 0 Å². The maximum Gasteiger partial charge on any atom is 0.169 e. The maximum absolute atomic E-state index is 12.1.